The maximum absolute atomic E-state index is 12.3. The van der Waals surface area contributed by atoms with Crippen molar-refractivity contribution in [3.63, 3.8) is 0 Å². The van der Waals surface area contributed by atoms with Crippen LogP contribution in [0.2, 0.25) is 0 Å². The molecule has 2 aliphatic rings. The molecule has 2 heterocycles. The third-order valence-electron chi connectivity index (χ3n) is 3.56. The topological polar surface area (TPSA) is 60.6 Å². The van der Waals surface area contributed by atoms with Crippen molar-refractivity contribution in [3.05, 3.63) is 35.4 Å². The van der Waals surface area contributed by atoms with E-state index in [1.807, 2.05) is 38.1 Å². The summed E-state index contributed by atoms with van der Waals surface area (Å²) in [6.07, 6.45) is 0. The molecule has 0 atom stereocenters. The Bertz CT molecular complexity index is 689. The quantitative estimate of drug-likeness (QED) is 0.820. The molecule has 0 saturated heterocycles. The number of fused-ring (bicyclic) bond motifs is 1. The molecule has 0 aromatic heterocycles. The van der Waals surface area contributed by atoms with Gasteiger partial charge in [-0.2, -0.15) is 5.10 Å². The highest BCUT2D eigenvalue weighted by atomic mass is 16.2. The Morgan fingerprint density at radius 3 is 2.76 bits per heavy atom. The number of hydrogen-bond acceptors (Lipinski definition) is 5. The van der Waals surface area contributed by atoms with Crippen molar-refractivity contribution in [3.8, 4) is 0 Å². The second-order valence-corrected chi connectivity index (χ2v) is 5.04. The Hall–Kier alpha value is -2.50. The first-order valence-corrected chi connectivity index (χ1v) is 6.93. The standard InChI is InChI=1S/C15H17N5O/c1-4-20-14-12(15(21)19(3)9-16-14)17-13(18-20)11-8-6-5-7-10(11)2/h5-8H,4,9H2,1-3H3. The number of benzene rings is 1. The summed E-state index contributed by atoms with van der Waals surface area (Å²) < 4.78 is 0. The van der Waals surface area contributed by atoms with E-state index in [1.54, 1.807) is 17.0 Å². The Kier molecular flexibility index (Phi) is 3.29. The fourth-order valence-electron chi connectivity index (χ4n) is 2.34. The molecule has 1 aromatic carbocycles. The largest absolute Gasteiger partial charge is 0.321 e. The molecular formula is C15H17N5O. The number of hydrogen-bond donors (Lipinski definition) is 0. The lowest BCUT2D eigenvalue weighted by molar-refractivity contribution is -0.122. The third kappa shape index (κ3) is 2.22. The van der Waals surface area contributed by atoms with E-state index in [-0.39, 0.29) is 5.91 Å². The Labute approximate surface area is 123 Å². The third-order valence-corrected chi connectivity index (χ3v) is 3.56. The van der Waals surface area contributed by atoms with Gasteiger partial charge in [-0.25, -0.2) is 15.0 Å². The Morgan fingerprint density at radius 2 is 2.05 bits per heavy atom. The normalized spacial score (nSPS) is 18.0. The van der Waals surface area contributed by atoms with Crippen LogP contribution in [0.25, 0.3) is 0 Å². The van der Waals surface area contributed by atoms with Gasteiger partial charge in [-0.15, -0.1) is 0 Å². The number of hydrazone groups is 1. The number of amidine groups is 2. The van der Waals surface area contributed by atoms with Crippen molar-refractivity contribution in [2.75, 3.05) is 20.3 Å². The molecule has 1 amide bonds. The summed E-state index contributed by atoms with van der Waals surface area (Å²) in [5, 5.41) is 6.28. The van der Waals surface area contributed by atoms with Gasteiger partial charge in [-0.1, -0.05) is 24.3 Å². The van der Waals surface area contributed by atoms with Gasteiger partial charge in [0.05, 0.1) is 0 Å². The van der Waals surface area contributed by atoms with Gasteiger partial charge in [0.1, 0.15) is 6.67 Å². The minimum absolute atomic E-state index is 0.112. The summed E-state index contributed by atoms with van der Waals surface area (Å²) in [6.45, 7) is 4.98. The van der Waals surface area contributed by atoms with Crippen LogP contribution >= 0.6 is 0 Å². The maximum atomic E-state index is 12.3. The van der Waals surface area contributed by atoms with Crippen LogP contribution in [-0.4, -0.2) is 53.5 Å². The van der Waals surface area contributed by atoms with E-state index in [0.717, 1.165) is 11.1 Å². The molecule has 3 rings (SSSR count). The van der Waals surface area contributed by atoms with Gasteiger partial charge < -0.3 is 4.90 Å². The highest BCUT2D eigenvalue weighted by molar-refractivity contribution is 6.68. The van der Waals surface area contributed by atoms with Crippen molar-refractivity contribution >= 4 is 23.3 Å². The van der Waals surface area contributed by atoms with Crippen molar-refractivity contribution in [2.45, 2.75) is 13.8 Å². The SMILES string of the molecule is CCN1N=C(c2ccccc2C)N=C2C(=O)N(C)CN=C21. The number of aliphatic imine (C=N–C) groups is 2. The molecule has 6 nitrogen and oxygen atoms in total. The highest BCUT2D eigenvalue weighted by Gasteiger charge is 2.33. The summed E-state index contributed by atoms with van der Waals surface area (Å²) in [4.78, 5) is 22.7. The van der Waals surface area contributed by atoms with Crippen molar-refractivity contribution in [1.29, 1.82) is 0 Å². The fourth-order valence-corrected chi connectivity index (χ4v) is 2.34. The Balaban J connectivity index is 2.12. The zero-order valence-electron chi connectivity index (χ0n) is 12.4. The lowest BCUT2D eigenvalue weighted by Gasteiger charge is -2.30. The van der Waals surface area contributed by atoms with Gasteiger partial charge in [0, 0.05) is 19.2 Å². The maximum Gasteiger partial charge on any atom is 0.277 e. The van der Waals surface area contributed by atoms with Crippen LogP contribution in [0.4, 0.5) is 0 Å². The number of carbonyl (C=O) groups is 1. The minimum atomic E-state index is -0.112. The van der Waals surface area contributed by atoms with Gasteiger partial charge in [-0.05, 0) is 19.4 Å². The molecule has 0 bridgehead atoms. The van der Waals surface area contributed by atoms with E-state index in [9.17, 15) is 4.79 Å². The van der Waals surface area contributed by atoms with Crippen LogP contribution in [0.5, 0.6) is 0 Å². The van der Waals surface area contributed by atoms with E-state index in [2.05, 4.69) is 15.1 Å². The summed E-state index contributed by atoms with van der Waals surface area (Å²) in [6, 6.07) is 7.89. The molecule has 21 heavy (non-hydrogen) atoms. The molecular weight excluding hydrogens is 266 g/mol. The van der Waals surface area contributed by atoms with E-state index in [4.69, 9.17) is 0 Å². The second kappa shape index (κ2) is 5.12. The first-order valence-electron chi connectivity index (χ1n) is 6.93. The van der Waals surface area contributed by atoms with E-state index in [1.165, 1.54) is 0 Å². The predicted octanol–water partition coefficient (Wildman–Crippen LogP) is 1.26. The van der Waals surface area contributed by atoms with Crippen molar-refractivity contribution in [2.24, 2.45) is 15.1 Å². The first kappa shape index (κ1) is 13.5. The number of carbonyl (C=O) groups excluding carboxylic acids is 1. The van der Waals surface area contributed by atoms with Gasteiger partial charge in [-0.3, -0.25) is 4.79 Å². The summed E-state index contributed by atoms with van der Waals surface area (Å²) in [7, 11) is 1.72. The van der Waals surface area contributed by atoms with Crippen LogP contribution in [0.15, 0.2) is 39.4 Å². The van der Waals surface area contributed by atoms with Crippen LogP contribution in [0.1, 0.15) is 18.1 Å². The number of nitrogens with zero attached hydrogens (tertiary/aromatic N) is 5. The van der Waals surface area contributed by atoms with Gasteiger partial charge in [0.2, 0.25) is 0 Å². The zero-order valence-corrected chi connectivity index (χ0v) is 12.4. The molecule has 0 aliphatic carbocycles. The molecule has 0 fully saturated rings. The average molecular weight is 283 g/mol. The number of aryl methyl sites for hydroxylation is 1. The van der Waals surface area contributed by atoms with Crippen LogP contribution < -0.4 is 0 Å². The van der Waals surface area contributed by atoms with Gasteiger partial charge in [0.25, 0.3) is 5.91 Å². The van der Waals surface area contributed by atoms with Gasteiger partial charge >= 0.3 is 0 Å². The van der Waals surface area contributed by atoms with E-state index < -0.39 is 0 Å². The van der Waals surface area contributed by atoms with E-state index in [0.29, 0.717) is 30.6 Å². The number of amides is 1. The van der Waals surface area contributed by atoms with E-state index >= 15 is 0 Å². The molecule has 0 spiro atoms. The smallest absolute Gasteiger partial charge is 0.277 e. The van der Waals surface area contributed by atoms with Crippen LogP contribution in [0, 0.1) is 6.92 Å². The number of rotatable bonds is 2. The lowest BCUT2D eigenvalue weighted by Crippen LogP contribution is -2.50. The predicted molar refractivity (Wildman–Crippen MR) is 82.6 cm³/mol. The molecule has 0 saturated carbocycles. The molecule has 2 aliphatic heterocycles. The zero-order chi connectivity index (χ0) is 15.0. The molecule has 0 N–H and O–H groups in total. The summed E-state index contributed by atoms with van der Waals surface area (Å²) in [5.74, 6) is 1.02. The average Bonchev–Trinajstić information content (AvgIpc) is 2.50. The summed E-state index contributed by atoms with van der Waals surface area (Å²) in [5.41, 5.74) is 2.39. The lowest BCUT2D eigenvalue weighted by atomic mass is 10.1. The minimum Gasteiger partial charge on any atom is -0.321 e. The van der Waals surface area contributed by atoms with Crippen LogP contribution in [-0.2, 0) is 4.79 Å². The molecule has 1 aromatic rings. The van der Waals surface area contributed by atoms with Crippen LogP contribution in [0.3, 0.4) is 0 Å². The summed E-state index contributed by atoms with van der Waals surface area (Å²) >= 11 is 0. The highest BCUT2D eigenvalue weighted by Crippen LogP contribution is 2.17. The van der Waals surface area contributed by atoms with Crippen molar-refractivity contribution < 1.29 is 4.79 Å². The van der Waals surface area contributed by atoms with Crippen molar-refractivity contribution in [1.82, 2.24) is 9.91 Å². The fraction of sp³-hybridized carbons (Fsp3) is 0.333. The second-order valence-electron chi connectivity index (χ2n) is 5.04. The van der Waals surface area contributed by atoms with Gasteiger partial charge in [0.15, 0.2) is 17.4 Å². The molecule has 0 unspecified atom stereocenters. The Morgan fingerprint density at radius 1 is 1.29 bits per heavy atom. The molecule has 108 valence electrons. The monoisotopic (exact) mass is 283 g/mol. The first-order chi connectivity index (χ1) is 10.1. The molecule has 0 radical (unpaired) electrons. The molecule has 6 heteroatoms.